The Labute approximate surface area is 152 Å². The zero-order valence-corrected chi connectivity index (χ0v) is 14.3. The first-order valence-electron chi connectivity index (χ1n) is 8.61. The van der Waals surface area contributed by atoms with Gasteiger partial charge in [0.05, 0.1) is 6.10 Å². The highest BCUT2D eigenvalue weighted by atomic mass is 16.5. The highest BCUT2D eigenvalue weighted by molar-refractivity contribution is 5.85. The minimum atomic E-state index is -0.960. The Hall–Kier alpha value is -2.70. The number of fused-ring (bicyclic) bond motifs is 1. The van der Waals surface area contributed by atoms with E-state index in [1.165, 1.54) is 0 Å². The highest BCUT2D eigenvalue weighted by Gasteiger charge is 2.20. The van der Waals surface area contributed by atoms with Crippen LogP contribution in [0.5, 0.6) is 5.75 Å². The summed E-state index contributed by atoms with van der Waals surface area (Å²) in [5.74, 6) is -0.123. The van der Waals surface area contributed by atoms with E-state index in [1.807, 2.05) is 24.3 Å². The summed E-state index contributed by atoms with van der Waals surface area (Å²) in [6, 6.07) is 9.35. The third-order valence-corrected chi connectivity index (χ3v) is 4.31. The van der Waals surface area contributed by atoms with E-state index in [-0.39, 0.29) is 6.10 Å². The number of aryl methyl sites for hydroxylation is 1. The Morgan fingerprint density at radius 3 is 3.08 bits per heavy atom. The molecule has 136 valence electrons. The van der Waals surface area contributed by atoms with Crippen molar-refractivity contribution in [3.63, 3.8) is 0 Å². The largest absolute Gasteiger partial charge is 0.489 e. The molecule has 2 heterocycles. The predicted octanol–water partition coefficient (Wildman–Crippen LogP) is 2.20. The summed E-state index contributed by atoms with van der Waals surface area (Å²) in [6.45, 7) is 1.09. The third-order valence-electron chi connectivity index (χ3n) is 4.31. The van der Waals surface area contributed by atoms with Crippen LogP contribution in [-0.2, 0) is 11.2 Å². The second-order valence-corrected chi connectivity index (χ2v) is 6.28. The van der Waals surface area contributed by atoms with Gasteiger partial charge in [0.1, 0.15) is 11.9 Å². The van der Waals surface area contributed by atoms with E-state index in [9.17, 15) is 9.90 Å². The van der Waals surface area contributed by atoms with Gasteiger partial charge in [-0.15, -0.1) is 0 Å². The number of hydrogen-bond donors (Lipinski definition) is 3. The van der Waals surface area contributed by atoms with Crippen molar-refractivity contribution in [1.82, 2.24) is 10.3 Å². The molecule has 1 aliphatic rings. The van der Waals surface area contributed by atoms with Crippen LogP contribution < -0.4 is 10.1 Å². The second kappa shape index (κ2) is 8.60. The summed E-state index contributed by atoms with van der Waals surface area (Å²) in [5, 5.41) is 22.1. The summed E-state index contributed by atoms with van der Waals surface area (Å²) in [6.07, 6.45) is 7.25. The number of pyridine rings is 1. The Kier molecular flexibility index (Phi) is 5.99. The van der Waals surface area contributed by atoms with E-state index in [0.717, 1.165) is 41.4 Å². The number of benzene rings is 1. The van der Waals surface area contributed by atoms with Crippen LogP contribution >= 0.6 is 0 Å². The monoisotopic (exact) mass is 354 g/mol. The Bertz CT molecular complexity index is 777. The number of aromatic nitrogens is 1. The number of ether oxygens (including phenoxy) is 1. The van der Waals surface area contributed by atoms with Crippen molar-refractivity contribution in [3.8, 4) is 5.75 Å². The average Bonchev–Trinajstić information content (AvgIpc) is 2.66. The van der Waals surface area contributed by atoms with Crippen LogP contribution in [0.25, 0.3) is 6.08 Å². The molecule has 1 aliphatic heterocycles. The van der Waals surface area contributed by atoms with E-state index in [1.54, 1.807) is 24.5 Å². The second-order valence-electron chi connectivity index (χ2n) is 6.28. The molecule has 26 heavy (non-hydrogen) atoms. The average molecular weight is 354 g/mol. The molecule has 2 atom stereocenters. The van der Waals surface area contributed by atoms with Gasteiger partial charge in [-0.25, -0.2) is 4.79 Å². The molecule has 1 aromatic carbocycles. The SMILES string of the molecule is O=C(O)/C=C/c1ccc2c(c1)CC[C@@H](CNC[C@H](O)c1cccnc1)O2. The molecule has 0 amide bonds. The molecule has 0 spiro atoms. The fourth-order valence-corrected chi connectivity index (χ4v) is 2.95. The number of nitrogens with zero attached hydrogens (tertiary/aromatic N) is 1. The van der Waals surface area contributed by atoms with Gasteiger partial charge in [-0.3, -0.25) is 4.98 Å². The van der Waals surface area contributed by atoms with E-state index >= 15 is 0 Å². The topological polar surface area (TPSA) is 91.7 Å². The summed E-state index contributed by atoms with van der Waals surface area (Å²) in [5.41, 5.74) is 2.73. The van der Waals surface area contributed by atoms with Gasteiger partial charge in [0.15, 0.2) is 0 Å². The maximum absolute atomic E-state index is 10.6. The van der Waals surface area contributed by atoms with Crippen molar-refractivity contribution in [2.75, 3.05) is 13.1 Å². The molecule has 0 fully saturated rings. The normalized spacial score (nSPS) is 17.5. The first kappa shape index (κ1) is 18.1. The molecule has 0 unspecified atom stereocenters. The van der Waals surface area contributed by atoms with E-state index in [0.29, 0.717) is 13.1 Å². The molecule has 1 aromatic heterocycles. The van der Waals surface area contributed by atoms with Crippen molar-refractivity contribution in [1.29, 1.82) is 0 Å². The number of carbonyl (C=O) groups is 1. The van der Waals surface area contributed by atoms with Crippen molar-refractivity contribution in [2.45, 2.75) is 25.0 Å². The molecule has 2 aromatic rings. The number of nitrogens with one attached hydrogen (secondary N) is 1. The van der Waals surface area contributed by atoms with Gasteiger partial charge in [0.2, 0.25) is 0 Å². The molecule has 3 N–H and O–H groups in total. The van der Waals surface area contributed by atoms with Crippen molar-refractivity contribution < 1.29 is 19.7 Å². The molecular formula is C20H22N2O4. The minimum Gasteiger partial charge on any atom is -0.489 e. The molecule has 0 saturated heterocycles. The van der Waals surface area contributed by atoms with Crippen LogP contribution in [-0.4, -0.2) is 40.4 Å². The highest BCUT2D eigenvalue weighted by Crippen LogP contribution is 2.28. The number of carboxylic acids is 1. The zero-order chi connectivity index (χ0) is 18.4. The first-order chi connectivity index (χ1) is 12.6. The van der Waals surface area contributed by atoms with Gasteiger partial charge >= 0.3 is 5.97 Å². The number of aliphatic carboxylic acids is 1. The predicted molar refractivity (Wildman–Crippen MR) is 97.9 cm³/mol. The van der Waals surface area contributed by atoms with E-state index in [2.05, 4.69) is 10.3 Å². The smallest absolute Gasteiger partial charge is 0.328 e. The number of aliphatic hydroxyl groups is 1. The van der Waals surface area contributed by atoms with Crippen molar-refractivity contribution in [2.24, 2.45) is 0 Å². The molecule has 6 nitrogen and oxygen atoms in total. The van der Waals surface area contributed by atoms with Crippen LogP contribution in [0.2, 0.25) is 0 Å². The van der Waals surface area contributed by atoms with Gasteiger partial charge in [-0.05, 0) is 48.2 Å². The van der Waals surface area contributed by atoms with Gasteiger partial charge in [-0.2, -0.15) is 0 Å². The van der Waals surface area contributed by atoms with Crippen molar-refractivity contribution in [3.05, 3.63) is 65.5 Å². The standard InChI is InChI=1S/C20H22N2O4/c23-18(16-2-1-9-21-11-16)13-22-12-17-6-5-15-10-14(4-8-20(24)25)3-7-19(15)26-17/h1-4,7-11,17-18,22-23H,5-6,12-13H2,(H,24,25)/b8-4+/t17-,18-/m0/s1. The Morgan fingerprint density at radius 2 is 2.31 bits per heavy atom. The van der Waals surface area contributed by atoms with E-state index < -0.39 is 12.1 Å². The van der Waals surface area contributed by atoms with E-state index in [4.69, 9.17) is 9.84 Å². The number of carboxylic acid groups (broad SMARTS) is 1. The van der Waals surface area contributed by atoms with Gasteiger partial charge < -0.3 is 20.3 Å². The molecule has 0 radical (unpaired) electrons. The number of aliphatic hydroxyl groups excluding tert-OH is 1. The van der Waals surface area contributed by atoms with Crippen LogP contribution in [0, 0.1) is 0 Å². The lowest BCUT2D eigenvalue weighted by molar-refractivity contribution is -0.131. The fourth-order valence-electron chi connectivity index (χ4n) is 2.95. The molecule has 0 aliphatic carbocycles. The molecule has 3 rings (SSSR count). The molecule has 0 bridgehead atoms. The lowest BCUT2D eigenvalue weighted by Crippen LogP contribution is -2.36. The quantitative estimate of drug-likeness (QED) is 0.660. The third kappa shape index (κ3) is 4.91. The van der Waals surface area contributed by atoms with Crippen molar-refractivity contribution >= 4 is 12.0 Å². The molecule has 0 saturated carbocycles. The minimum absolute atomic E-state index is 0.0454. The lowest BCUT2D eigenvalue weighted by atomic mass is 9.99. The number of rotatable bonds is 7. The number of hydrogen-bond acceptors (Lipinski definition) is 5. The zero-order valence-electron chi connectivity index (χ0n) is 14.3. The summed E-state index contributed by atoms with van der Waals surface area (Å²) in [4.78, 5) is 14.6. The summed E-state index contributed by atoms with van der Waals surface area (Å²) >= 11 is 0. The summed E-state index contributed by atoms with van der Waals surface area (Å²) in [7, 11) is 0. The lowest BCUT2D eigenvalue weighted by Gasteiger charge is -2.27. The Morgan fingerprint density at radius 1 is 1.42 bits per heavy atom. The maximum atomic E-state index is 10.6. The maximum Gasteiger partial charge on any atom is 0.328 e. The van der Waals surface area contributed by atoms with Crippen LogP contribution in [0.15, 0.2) is 48.8 Å². The van der Waals surface area contributed by atoms with Crippen LogP contribution in [0.4, 0.5) is 0 Å². The molecular weight excluding hydrogens is 332 g/mol. The summed E-state index contributed by atoms with van der Waals surface area (Å²) < 4.78 is 6.00. The fraction of sp³-hybridized carbons (Fsp3) is 0.300. The van der Waals surface area contributed by atoms with Gasteiger partial charge in [0, 0.05) is 37.1 Å². The van der Waals surface area contributed by atoms with Crippen LogP contribution in [0.3, 0.4) is 0 Å². The van der Waals surface area contributed by atoms with Crippen LogP contribution in [0.1, 0.15) is 29.2 Å². The first-order valence-corrected chi connectivity index (χ1v) is 8.61. The van der Waals surface area contributed by atoms with Gasteiger partial charge in [-0.1, -0.05) is 12.1 Å². The molecule has 6 heteroatoms. The van der Waals surface area contributed by atoms with Gasteiger partial charge in [0.25, 0.3) is 0 Å². The Balaban J connectivity index is 1.50.